The maximum atomic E-state index is 13.1. The molecule has 2 aliphatic rings. The van der Waals surface area contributed by atoms with Crippen molar-refractivity contribution in [2.75, 3.05) is 51.0 Å². The van der Waals surface area contributed by atoms with Gasteiger partial charge in [0.1, 0.15) is 51.7 Å². The summed E-state index contributed by atoms with van der Waals surface area (Å²) in [4.78, 5) is 66.3. The number of nitrogens with one attached hydrogen (secondary N) is 3. The van der Waals surface area contributed by atoms with Crippen LogP contribution in [0.1, 0.15) is 120 Å². The number of fused-ring (bicyclic) bond motifs is 2. The zero-order valence-electron chi connectivity index (χ0n) is 54.7. The molecular formula is C71H70F6N12O10. The second-order valence-electron chi connectivity index (χ2n) is 24.1. The Kier molecular flexibility index (Phi) is 22.1. The van der Waals surface area contributed by atoms with Gasteiger partial charge in [0.25, 0.3) is 17.8 Å². The second kappa shape index (κ2) is 30.9. The van der Waals surface area contributed by atoms with E-state index in [-0.39, 0.29) is 40.7 Å². The number of aliphatic carboxylic acids is 1. The van der Waals surface area contributed by atoms with Crippen molar-refractivity contribution >= 4 is 57.6 Å². The number of amides is 3. The first-order chi connectivity index (χ1) is 47.3. The molecule has 2 atom stereocenters. The molecule has 0 bridgehead atoms. The predicted octanol–water partition coefficient (Wildman–Crippen LogP) is 14.6. The summed E-state index contributed by atoms with van der Waals surface area (Å²) >= 11 is 0. The number of carboxylic acids is 1. The van der Waals surface area contributed by atoms with Crippen LogP contribution in [-0.2, 0) is 35.0 Å². The van der Waals surface area contributed by atoms with Crippen LogP contribution in [0, 0.1) is 0 Å². The van der Waals surface area contributed by atoms with Gasteiger partial charge in [-0.15, -0.1) is 0 Å². The lowest BCUT2D eigenvalue weighted by molar-refractivity contribution is -0.138. The van der Waals surface area contributed by atoms with E-state index in [0.29, 0.717) is 65.9 Å². The van der Waals surface area contributed by atoms with E-state index in [0.717, 1.165) is 122 Å². The highest BCUT2D eigenvalue weighted by atomic mass is 19.4. The van der Waals surface area contributed by atoms with Crippen molar-refractivity contribution in [3.8, 4) is 34.5 Å². The van der Waals surface area contributed by atoms with Crippen molar-refractivity contribution in [2.45, 2.75) is 96.3 Å². The molecule has 516 valence electrons. The van der Waals surface area contributed by atoms with Gasteiger partial charge >= 0.3 is 18.4 Å². The van der Waals surface area contributed by atoms with Crippen molar-refractivity contribution < 1.29 is 74.3 Å². The maximum Gasteiger partial charge on any atom is 0.416 e. The van der Waals surface area contributed by atoms with Gasteiger partial charge < -0.3 is 49.6 Å². The summed E-state index contributed by atoms with van der Waals surface area (Å²) in [5.41, 5.74) is 2.94. The molecule has 2 aliphatic heterocycles. The summed E-state index contributed by atoms with van der Waals surface area (Å²) in [6.45, 7) is 10.3. The van der Waals surface area contributed by atoms with Crippen LogP contribution >= 0.6 is 0 Å². The molecule has 2 fully saturated rings. The first-order valence-corrected chi connectivity index (χ1v) is 31.4. The third kappa shape index (κ3) is 18.5. The number of ether oxygens (including phenoxy) is 5. The maximum absolute atomic E-state index is 13.1. The van der Waals surface area contributed by atoms with Gasteiger partial charge in [-0.3, -0.25) is 14.4 Å². The largest absolute Gasteiger partial charge is 0.497 e. The van der Waals surface area contributed by atoms with E-state index in [1.807, 2.05) is 78.7 Å². The number of carbonyl (C=O) groups excluding carboxylic acids is 3. The zero-order valence-corrected chi connectivity index (χ0v) is 54.7. The van der Waals surface area contributed by atoms with E-state index in [9.17, 15) is 40.7 Å². The highest BCUT2D eigenvalue weighted by Crippen LogP contribution is 2.41. The number of hydrogen-bond donors (Lipinski definition) is 4. The number of halogens is 6. The SMILES string of the molecule is CC(=O)O.COc1ccc(Cn2nc(C3CCCN(C(=O)OC(C)(C)C)C3)c3c(Oc4ccc(C(=O)Nc5cc(C(F)(F)F)ccn5)cc4)ccnc32)cc1.COc1ccc(Cn2nc(C3CCCNC3)c3c(Oc4ccc(C(=O)Nc5cc(C(F)(F)F)ccn5)cc4)ccnc32)cc1. The molecular weight excluding hydrogens is 1290 g/mol. The lowest BCUT2D eigenvalue weighted by Gasteiger charge is -2.33. The minimum atomic E-state index is -4.57. The van der Waals surface area contributed by atoms with Crippen molar-refractivity contribution in [3.05, 3.63) is 203 Å². The monoisotopic (exact) mass is 1360 g/mol. The number of anilines is 2. The molecule has 10 aromatic rings. The molecule has 99 heavy (non-hydrogen) atoms. The number of carboxylic acid groups (broad SMARTS) is 1. The number of nitrogens with zero attached hydrogens (tertiary/aromatic N) is 9. The van der Waals surface area contributed by atoms with E-state index in [4.69, 9.17) is 48.8 Å². The topological polar surface area (TPSA) is 261 Å². The molecule has 3 amide bonds. The molecule has 2 saturated heterocycles. The first-order valence-electron chi connectivity index (χ1n) is 31.4. The van der Waals surface area contributed by atoms with Crippen molar-refractivity contribution in [2.24, 2.45) is 0 Å². The van der Waals surface area contributed by atoms with Crippen LogP contribution in [0.5, 0.6) is 34.5 Å². The molecule has 6 aromatic heterocycles. The summed E-state index contributed by atoms with van der Waals surface area (Å²) in [5.74, 6) is 1.04. The Balaban J connectivity index is 0.000000205. The highest BCUT2D eigenvalue weighted by molar-refractivity contribution is 6.04. The lowest BCUT2D eigenvalue weighted by Crippen LogP contribution is -2.42. The molecule has 8 heterocycles. The molecule has 0 saturated carbocycles. The van der Waals surface area contributed by atoms with E-state index in [1.54, 1.807) is 67.9 Å². The van der Waals surface area contributed by atoms with Gasteiger partial charge in [0.15, 0.2) is 11.3 Å². The smallest absolute Gasteiger partial charge is 0.416 e. The molecule has 0 radical (unpaired) electrons. The van der Waals surface area contributed by atoms with Crippen molar-refractivity contribution in [1.82, 2.24) is 49.7 Å². The third-order valence-corrected chi connectivity index (χ3v) is 15.7. The Morgan fingerprint density at radius 2 is 0.980 bits per heavy atom. The summed E-state index contributed by atoms with van der Waals surface area (Å²) < 4.78 is 111. The number of carbonyl (C=O) groups is 4. The molecule has 4 N–H and O–H groups in total. The second-order valence-corrected chi connectivity index (χ2v) is 24.1. The average Bonchev–Trinajstić information content (AvgIpc) is 1.63. The molecule has 4 aromatic carbocycles. The van der Waals surface area contributed by atoms with Gasteiger partial charge in [-0.05, 0) is 173 Å². The minimum Gasteiger partial charge on any atom is -0.497 e. The van der Waals surface area contributed by atoms with Crippen LogP contribution < -0.4 is 34.9 Å². The molecule has 12 rings (SSSR count). The van der Waals surface area contributed by atoms with Crippen LogP contribution in [0.25, 0.3) is 22.1 Å². The summed E-state index contributed by atoms with van der Waals surface area (Å²) in [7, 11) is 3.24. The number of alkyl halides is 6. The summed E-state index contributed by atoms with van der Waals surface area (Å²) in [6, 6.07) is 34.8. The predicted molar refractivity (Wildman–Crippen MR) is 355 cm³/mol. The number of likely N-dealkylation sites (tertiary alicyclic amines) is 1. The molecule has 0 aliphatic carbocycles. The van der Waals surface area contributed by atoms with Crippen LogP contribution in [-0.4, -0.2) is 119 Å². The van der Waals surface area contributed by atoms with Crippen LogP contribution in [0.15, 0.2) is 158 Å². The fraction of sp³-hybridized carbons (Fsp3) is 0.296. The number of benzene rings is 4. The van der Waals surface area contributed by atoms with E-state index in [1.165, 1.54) is 24.3 Å². The molecule has 22 nitrogen and oxygen atoms in total. The third-order valence-electron chi connectivity index (χ3n) is 15.7. The molecule has 28 heteroatoms. The van der Waals surface area contributed by atoms with Gasteiger partial charge in [-0.1, -0.05) is 24.3 Å². The normalized spacial score (nSPS) is 14.8. The quantitative estimate of drug-likeness (QED) is 0.0655. The van der Waals surface area contributed by atoms with Crippen LogP contribution in [0.4, 0.5) is 42.8 Å². The van der Waals surface area contributed by atoms with E-state index >= 15 is 0 Å². The summed E-state index contributed by atoms with van der Waals surface area (Å²) in [5, 5.41) is 27.3. The lowest BCUT2D eigenvalue weighted by atomic mass is 9.93. The van der Waals surface area contributed by atoms with E-state index < -0.39 is 46.9 Å². The van der Waals surface area contributed by atoms with Gasteiger partial charge in [-0.25, -0.2) is 34.1 Å². The van der Waals surface area contributed by atoms with Crippen molar-refractivity contribution in [1.29, 1.82) is 0 Å². The van der Waals surface area contributed by atoms with Gasteiger partial charge in [0, 0.05) is 74.3 Å². The number of rotatable bonds is 16. The summed E-state index contributed by atoms with van der Waals surface area (Å²) in [6.07, 6.45) is -0.631. The standard InChI is InChI=1S/C37H37F3N6O5.C32H29F3N6O3.C2H4O2/c1-36(2,3)51-35(48)45-19-5-6-25(22-45)32-31-29(16-18-42-33(31)46(44-32)21-23-7-11-27(49-4)12-8-23)50-28-13-9-24(10-14-28)34(47)43-30-20-26(15-17-41-30)37(38,39)40;1-43-24-8-4-20(5-9-24)19-41-30-28(29(40-41)22-3-2-14-36-18-22)26(13-16-38-30)44-25-10-6-21(7-11-25)31(42)39-27-17-23(12-15-37-27)32(33,34)35;1-2(3)4/h7-18,20,25H,5-6,19,21-22H2,1-4H3,(H,41,43,47);4-13,15-17,22,36H,2-3,14,18-19H2,1H3,(H,37,39,42);1H3,(H,3,4). The highest BCUT2D eigenvalue weighted by Gasteiger charge is 2.35. The van der Waals surface area contributed by atoms with Crippen molar-refractivity contribution in [3.63, 3.8) is 0 Å². The molecule has 0 spiro atoms. The Labute approximate surface area is 564 Å². The van der Waals surface area contributed by atoms with Crippen LogP contribution in [0.3, 0.4) is 0 Å². The first kappa shape index (κ1) is 70.6. The van der Waals surface area contributed by atoms with E-state index in [2.05, 4.69) is 30.9 Å². The number of hydrogen-bond acceptors (Lipinski definition) is 16. The number of methoxy groups -OCH3 is 2. The fourth-order valence-electron chi connectivity index (χ4n) is 11.1. The minimum absolute atomic E-state index is 0.132. The van der Waals surface area contributed by atoms with Gasteiger partial charge in [0.2, 0.25) is 0 Å². The average molecular weight is 1370 g/mol. The van der Waals surface area contributed by atoms with Crippen LogP contribution in [0.2, 0.25) is 0 Å². The Bertz CT molecular complexity index is 4460. The fourth-order valence-corrected chi connectivity index (χ4v) is 11.1. The molecule has 2 unspecified atom stereocenters. The number of pyridine rings is 4. The Morgan fingerprint density at radius 1 is 0.566 bits per heavy atom. The van der Waals surface area contributed by atoms with Gasteiger partial charge in [-0.2, -0.15) is 36.5 Å². The zero-order chi connectivity index (χ0) is 70.6. The van der Waals surface area contributed by atoms with Gasteiger partial charge in [0.05, 0.1) is 60.6 Å². The Morgan fingerprint density at radius 3 is 1.38 bits per heavy atom. The Hall–Kier alpha value is -11.2. The number of piperidine rings is 2. The number of aromatic nitrogens is 8.